The van der Waals surface area contributed by atoms with Crippen LogP contribution in [-0.2, 0) is 9.53 Å². The van der Waals surface area contributed by atoms with Crippen molar-refractivity contribution in [2.75, 3.05) is 39.5 Å². The van der Waals surface area contributed by atoms with Gasteiger partial charge in [-0.25, -0.2) is 9.18 Å². The molecule has 1 aliphatic heterocycles. The normalized spacial score (nSPS) is 18.3. The van der Waals surface area contributed by atoms with Crippen LogP contribution < -0.4 is 14.8 Å². The molecule has 0 spiro atoms. The van der Waals surface area contributed by atoms with Gasteiger partial charge < -0.3 is 24.6 Å². The van der Waals surface area contributed by atoms with Crippen molar-refractivity contribution in [2.24, 2.45) is 5.92 Å². The summed E-state index contributed by atoms with van der Waals surface area (Å²) in [4.78, 5) is 10.4. The average Bonchev–Trinajstić information content (AvgIpc) is 2.73. The third-order valence-electron chi connectivity index (χ3n) is 4.92. The molecular weight excluding hydrogens is 413 g/mol. The second-order valence-corrected chi connectivity index (χ2v) is 6.99. The lowest BCUT2D eigenvalue weighted by Crippen LogP contribution is -2.38. The van der Waals surface area contributed by atoms with Crippen LogP contribution in [0.2, 0.25) is 0 Å². The van der Waals surface area contributed by atoms with Crippen molar-refractivity contribution < 1.29 is 28.5 Å². The highest BCUT2D eigenvalue weighted by Crippen LogP contribution is 2.31. The summed E-state index contributed by atoms with van der Waals surface area (Å²) in [6.45, 7) is 2.54. The second kappa shape index (κ2) is 12.4. The molecule has 0 saturated carbocycles. The Morgan fingerprint density at radius 1 is 1.03 bits per heavy atom. The zero-order chi connectivity index (χ0) is 20.5. The van der Waals surface area contributed by atoms with Crippen molar-refractivity contribution in [3.8, 4) is 11.5 Å². The fourth-order valence-corrected chi connectivity index (χ4v) is 3.46. The molecule has 0 aromatic heterocycles. The Balaban J connectivity index is 0.00000320. The molecule has 2 N–H and O–H groups in total. The Hall–Kier alpha value is -2.35. The maximum absolute atomic E-state index is 13.2. The Morgan fingerprint density at radius 2 is 1.70 bits per heavy atom. The van der Waals surface area contributed by atoms with E-state index in [0.29, 0.717) is 24.2 Å². The van der Waals surface area contributed by atoms with Crippen molar-refractivity contribution >= 4 is 18.4 Å². The summed E-state index contributed by atoms with van der Waals surface area (Å²) in [6, 6.07) is 14.1. The number of hydrogen-bond donors (Lipinski definition) is 2. The van der Waals surface area contributed by atoms with Gasteiger partial charge in [0.2, 0.25) is 0 Å². The standard InChI is InChI=1S/C22H26FNO5.ClH/c23-18-3-1-16(2-4-18)21-9-10-24-13-17(21)14-29-20-7-5-19(6-8-20)28-12-11-27-15-22(25)26;/h1-8,17,21,24H,9-15H2,(H,25,26);1H/t17-,21-;/m0./s1. The molecule has 2 atom stereocenters. The maximum atomic E-state index is 13.2. The molecule has 30 heavy (non-hydrogen) atoms. The molecule has 0 radical (unpaired) electrons. The van der Waals surface area contributed by atoms with Crippen molar-refractivity contribution in [3.63, 3.8) is 0 Å². The maximum Gasteiger partial charge on any atom is 0.329 e. The number of aliphatic carboxylic acids is 1. The van der Waals surface area contributed by atoms with Crippen LogP contribution in [0.15, 0.2) is 48.5 Å². The predicted molar refractivity (Wildman–Crippen MR) is 113 cm³/mol. The number of rotatable bonds is 10. The molecule has 6 nitrogen and oxygen atoms in total. The third kappa shape index (κ3) is 7.48. The van der Waals surface area contributed by atoms with E-state index in [2.05, 4.69) is 5.32 Å². The summed E-state index contributed by atoms with van der Waals surface area (Å²) in [5, 5.41) is 11.9. The number of hydrogen-bond acceptors (Lipinski definition) is 5. The molecule has 3 rings (SSSR count). The molecule has 8 heteroatoms. The first kappa shape index (κ1) is 23.9. The smallest absolute Gasteiger partial charge is 0.329 e. The molecule has 1 saturated heterocycles. The molecule has 2 aromatic carbocycles. The van der Waals surface area contributed by atoms with Gasteiger partial charge in [0, 0.05) is 12.5 Å². The van der Waals surface area contributed by atoms with E-state index in [1.807, 2.05) is 36.4 Å². The molecule has 0 aliphatic carbocycles. The second-order valence-electron chi connectivity index (χ2n) is 6.99. The molecule has 0 unspecified atom stereocenters. The first-order valence-electron chi connectivity index (χ1n) is 9.73. The molecule has 1 aliphatic rings. The zero-order valence-electron chi connectivity index (χ0n) is 16.6. The summed E-state index contributed by atoms with van der Waals surface area (Å²) < 4.78 is 29.6. The van der Waals surface area contributed by atoms with Gasteiger partial charge in [-0.15, -0.1) is 12.4 Å². The van der Waals surface area contributed by atoms with Crippen molar-refractivity contribution in [3.05, 3.63) is 59.9 Å². The van der Waals surface area contributed by atoms with E-state index in [-0.39, 0.29) is 38.0 Å². The summed E-state index contributed by atoms with van der Waals surface area (Å²) in [5.41, 5.74) is 1.15. The predicted octanol–water partition coefficient (Wildman–Crippen LogP) is 3.50. The van der Waals surface area contributed by atoms with Crippen LogP contribution in [0.25, 0.3) is 0 Å². The highest BCUT2D eigenvalue weighted by molar-refractivity contribution is 5.85. The number of piperidine rings is 1. The van der Waals surface area contributed by atoms with E-state index in [9.17, 15) is 9.18 Å². The van der Waals surface area contributed by atoms with Gasteiger partial charge >= 0.3 is 5.97 Å². The minimum atomic E-state index is -0.999. The molecule has 0 bridgehead atoms. The van der Waals surface area contributed by atoms with E-state index in [0.717, 1.165) is 30.8 Å². The van der Waals surface area contributed by atoms with Crippen LogP contribution in [0.1, 0.15) is 17.9 Å². The number of ether oxygens (including phenoxy) is 3. The molecule has 2 aromatic rings. The average molecular weight is 440 g/mol. The van der Waals surface area contributed by atoms with Crippen molar-refractivity contribution in [1.82, 2.24) is 5.32 Å². The van der Waals surface area contributed by atoms with E-state index in [1.165, 1.54) is 12.1 Å². The van der Waals surface area contributed by atoms with Gasteiger partial charge in [-0.1, -0.05) is 12.1 Å². The first-order chi connectivity index (χ1) is 14.1. The van der Waals surface area contributed by atoms with Gasteiger partial charge in [-0.2, -0.15) is 0 Å². The topological polar surface area (TPSA) is 77.0 Å². The van der Waals surface area contributed by atoms with Crippen molar-refractivity contribution in [1.29, 1.82) is 0 Å². The molecule has 1 fully saturated rings. The quantitative estimate of drug-likeness (QED) is 0.552. The zero-order valence-corrected chi connectivity index (χ0v) is 17.4. The largest absolute Gasteiger partial charge is 0.493 e. The monoisotopic (exact) mass is 439 g/mol. The Bertz CT molecular complexity index is 772. The summed E-state index contributed by atoms with van der Waals surface area (Å²) in [5.74, 6) is 0.845. The van der Waals surface area contributed by atoms with Crippen LogP contribution in [0.4, 0.5) is 4.39 Å². The fraction of sp³-hybridized carbons (Fsp3) is 0.409. The van der Waals surface area contributed by atoms with Gasteiger partial charge in [0.25, 0.3) is 0 Å². The van der Waals surface area contributed by atoms with Crippen LogP contribution in [-0.4, -0.2) is 50.6 Å². The third-order valence-corrected chi connectivity index (χ3v) is 4.92. The highest BCUT2D eigenvalue weighted by atomic mass is 35.5. The van der Waals surface area contributed by atoms with Gasteiger partial charge in [0.05, 0.1) is 13.2 Å². The summed E-state index contributed by atoms with van der Waals surface area (Å²) >= 11 is 0. The van der Waals surface area contributed by atoms with Crippen molar-refractivity contribution in [2.45, 2.75) is 12.3 Å². The molecule has 0 amide bonds. The van der Waals surface area contributed by atoms with Crippen LogP contribution >= 0.6 is 12.4 Å². The number of carboxylic acid groups (broad SMARTS) is 1. The van der Waals surface area contributed by atoms with Gasteiger partial charge in [-0.05, 0) is 60.8 Å². The van der Waals surface area contributed by atoms with Crippen LogP contribution in [0.5, 0.6) is 11.5 Å². The van der Waals surface area contributed by atoms with Gasteiger partial charge in [0.15, 0.2) is 0 Å². The Labute approximate surface area is 181 Å². The SMILES string of the molecule is Cl.O=C(O)COCCOc1ccc(OC[C@@H]2CNCC[C@H]2c2ccc(F)cc2)cc1. The minimum Gasteiger partial charge on any atom is -0.493 e. The lowest BCUT2D eigenvalue weighted by Gasteiger charge is -2.32. The Morgan fingerprint density at radius 3 is 2.37 bits per heavy atom. The van der Waals surface area contributed by atoms with Gasteiger partial charge in [-0.3, -0.25) is 0 Å². The molecule has 1 heterocycles. The number of carbonyl (C=O) groups is 1. The van der Waals surface area contributed by atoms with E-state index in [1.54, 1.807) is 0 Å². The lowest BCUT2D eigenvalue weighted by molar-refractivity contribution is -0.142. The number of benzene rings is 2. The Kier molecular flexibility index (Phi) is 9.86. The van der Waals surface area contributed by atoms with Gasteiger partial charge in [0.1, 0.15) is 30.5 Å². The summed E-state index contributed by atoms with van der Waals surface area (Å²) in [6.07, 6.45) is 0.996. The lowest BCUT2D eigenvalue weighted by atomic mass is 9.81. The highest BCUT2D eigenvalue weighted by Gasteiger charge is 2.27. The van der Waals surface area contributed by atoms with E-state index < -0.39 is 5.97 Å². The first-order valence-corrected chi connectivity index (χ1v) is 9.73. The number of halogens is 2. The molecular formula is C22H27ClFNO5. The molecule has 164 valence electrons. The van der Waals surface area contributed by atoms with E-state index in [4.69, 9.17) is 19.3 Å². The fourth-order valence-electron chi connectivity index (χ4n) is 3.46. The minimum absolute atomic E-state index is 0. The van der Waals surface area contributed by atoms with Crippen LogP contribution in [0, 0.1) is 11.7 Å². The van der Waals surface area contributed by atoms with E-state index >= 15 is 0 Å². The summed E-state index contributed by atoms with van der Waals surface area (Å²) in [7, 11) is 0. The number of nitrogens with one attached hydrogen (secondary N) is 1. The number of carboxylic acids is 1. The van der Waals surface area contributed by atoms with Crippen LogP contribution in [0.3, 0.4) is 0 Å².